The average molecular weight is 488 g/mol. The molecule has 2 aromatic carbocycles. The first-order valence-electron chi connectivity index (χ1n) is 13.5. The molecule has 0 saturated carbocycles. The molecule has 188 valence electrons. The molecule has 1 aliphatic carbocycles. The molecule has 0 bridgehead atoms. The minimum atomic E-state index is 0.431. The lowest BCUT2D eigenvalue weighted by atomic mass is 9.93. The second-order valence-electron chi connectivity index (χ2n) is 9.61. The number of hydrogen-bond acceptors (Lipinski definition) is 1. The Bertz CT molecular complexity index is 940. The van der Waals surface area contributed by atoms with Gasteiger partial charge >= 0.3 is 0 Å². The summed E-state index contributed by atoms with van der Waals surface area (Å²) in [7, 11) is 2.48. The molecule has 0 fully saturated rings. The summed E-state index contributed by atoms with van der Waals surface area (Å²) >= 11 is 0. The van der Waals surface area contributed by atoms with Crippen LogP contribution in [0.15, 0.2) is 78.4 Å². The van der Waals surface area contributed by atoms with Crippen LogP contribution >= 0.6 is 9.24 Å². The van der Waals surface area contributed by atoms with Crippen LogP contribution in [0.4, 0.5) is 0 Å². The molecule has 1 aliphatic rings. The molecule has 0 aliphatic heterocycles. The largest absolute Gasteiger partial charge is 0.303 e. The monoisotopic (exact) mass is 487 g/mol. The third-order valence-electron chi connectivity index (χ3n) is 6.59. The topological polar surface area (TPSA) is 3.24 Å². The van der Waals surface area contributed by atoms with Crippen molar-refractivity contribution in [1.82, 2.24) is 4.90 Å². The van der Waals surface area contributed by atoms with Crippen molar-refractivity contribution in [3.63, 3.8) is 0 Å². The summed E-state index contributed by atoms with van der Waals surface area (Å²) in [6.07, 6.45) is 14.4. The number of hydrogen-bond donors (Lipinski definition) is 0. The van der Waals surface area contributed by atoms with Crippen LogP contribution in [0, 0.1) is 24.4 Å². The number of benzene rings is 2. The molecule has 2 aromatic rings. The van der Waals surface area contributed by atoms with Crippen molar-refractivity contribution >= 4 is 9.24 Å². The predicted molar refractivity (Wildman–Crippen MR) is 159 cm³/mol. The van der Waals surface area contributed by atoms with E-state index in [1.807, 2.05) is 0 Å². The number of unbranched alkanes of at least 4 members (excludes halogenated alkanes) is 1. The van der Waals surface area contributed by atoms with Gasteiger partial charge < -0.3 is 4.90 Å². The van der Waals surface area contributed by atoms with E-state index < -0.39 is 0 Å². The van der Waals surface area contributed by atoms with Crippen molar-refractivity contribution in [1.29, 1.82) is 0 Å². The number of rotatable bonds is 11. The van der Waals surface area contributed by atoms with Gasteiger partial charge in [-0.2, -0.15) is 0 Å². The Hall–Kier alpha value is -2.13. The van der Waals surface area contributed by atoms with Gasteiger partial charge in [0.05, 0.1) is 0 Å². The highest BCUT2D eigenvalue weighted by atomic mass is 31.0. The molecular formula is C33H46NP. The molecule has 0 heterocycles. The zero-order valence-corrected chi connectivity index (χ0v) is 23.6. The maximum atomic E-state index is 3.19. The van der Waals surface area contributed by atoms with Crippen LogP contribution in [0.5, 0.6) is 0 Å². The molecule has 0 aromatic heterocycles. The molecule has 35 heavy (non-hydrogen) atoms. The van der Waals surface area contributed by atoms with E-state index in [-0.39, 0.29) is 0 Å². The summed E-state index contributed by atoms with van der Waals surface area (Å²) in [4.78, 5) is 2.61. The first kappa shape index (κ1) is 29.1. The van der Waals surface area contributed by atoms with Gasteiger partial charge in [0.25, 0.3) is 0 Å². The minimum absolute atomic E-state index is 0.431. The highest BCUT2D eigenvalue weighted by Crippen LogP contribution is 2.24. The summed E-state index contributed by atoms with van der Waals surface area (Å²) in [6, 6.07) is 19.4. The molecule has 0 radical (unpaired) electrons. The van der Waals surface area contributed by atoms with E-state index in [4.69, 9.17) is 0 Å². The molecule has 0 spiro atoms. The van der Waals surface area contributed by atoms with E-state index >= 15 is 0 Å². The molecule has 2 unspecified atom stereocenters. The Balaban J connectivity index is 0.000000256. The maximum Gasteiger partial charge on any atom is 0.0423 e. The van der Waals surface area contributed by atoms with Crippen molar-refractivity contribution in [3.8, 4) is 11.6 Å². The third kappa shape index (κ3) is 11.4. The summed E-state index contributed by atoms with van der Waals surface area (Å²) < 4.78 is 0. The molecule has 0 N–H and O–H groups in total. The van der Waals surface area contributed by atoms with E-state index in [0.717, 1.165) is 6.42 Å². The zero-order valence-electron chi connectivity index (χ0n) is 22.5. The fourth-order valence-electron chi connectivity index (χ4n) is 4.49. The van der Waals surface area contributed by atoms with Crippen LogP contribution < -0.4 is 0 Å². The SMILES string of the molecule is CCCN(CCC)CCCCC1=CCC(C#CP)C=C1.Cc1ccc([C@H](C)c2ccccc2)cc1. The van der Waals surface area contributed by atoms with Crippen LogP contribution in [-0.2, 0) is 0 Å². The lowest BCUT2D eigenvalue weighted by Crippen LogP contribution is -2.26. The standard InChI is InChI=1S/C18H30NP.C15H16/c1-3-13-19(14-4-2)15-6-5-7-17-8-10-18(11-9-17)12-16-20;1-12-8-10-15(11-9-12)13(2)14-6-4-3-5-7-14/h8-10,18H,3-7,11,13-15,20H2,1-2H3;3-11,13H,1-2H3/t;13-/m.1/s1. The number of allylic oxidation sites excluding steroid dienone is 4. The lowest BCUT2D eigenvalue weighted by Gasteiger charge is -2.20. The van der Waals surface area contributed by atoms with E-state index in [1.54, 1.807) is 0 Å². The fraction of sp³-hybridized carbons (Fsp3) is 0.455. The van der Waals surface area contributed by atoms with Crippen LogP contribution in [0.25, 0.3) is 0 Å². The van der Waals surface area contributed by atoms with Gasteiger partial charge in [-0.25, -0.2) is 0 Å². The molecule has 0 amide bonds. The Kier molecular flexibility index (Phi) is 14.4. The van der Waals surface area contributed by atoms with Crippen molar-refractivity contribution in [2.45, 2.75) is 72.1 Å². The second kappa shape index (κ2) is 17.3. The molecule has 1 nitrogen and oxygen atoms in total. The van der Waals surface area contributed by atoms with Crippen molar-refractivity contribution < 1.29 is 0 Å². The number of nitrogens with zero attached hydrogens (tertiary/aromatic N) is 1. The Morgan fingerprint density at radius 3 is 2.14 bits per heavy atom. The van der Waals surface area contributed by atoms with Gasteiger partial charge in [-0.1, -0.05) is 126 Å². The van der Waals surface area contributed by atoms with Gasteiger partial charge in [0, 0.05) is 11.8 Å². The fourth-order valence-corrected chi connectivity index (χ4v) is 4.70. The van der Waals surface area contributed by atoms with E-state index in [0.29, 0.717) is 11.8 Å². The highest BCUT2D eigenvalue weighted by Gasteiger charge is 2.07. The molecule has 2 heteroatoms. The molecular weight excluding hydrogens is 441 g/mol. The van der Waals surface area contributed by atoms with Crippen molar-refractivity contribution in [2.24, 2.45) is 5.92 Å². The third-order valence-corrected chi connectivity index (χ3v) is 6.76. The van der Waals surface area contributed by atoms with Crippen LogP contribution in [0.3, 0.4) is 0 Å². The van der Waals surface area contributed by atoms with Crippen LogP contribution in [0.1, 0.15) is 81.9 Å². The second-order valence-corrected chi connectivity index (χ2v) is 9.90. The minimum Gasteiger partial charge on any atom is -0.303 e. The van der Waals surface area contributed by atoms with Crippen LogP contribution in [-0.4, -0.2) is 24.5 Å². The molecule has 0 saturated heterocycles. The Morgan fingerprint density at radius 2 is 1.57 bits per heavy atom. The summed E-state index contributed by atoms with van der Waals surface area (Å²) in [5.74, 6) is 4.10. The van der Waals surface area contributed by atoms with Gasteiger partial charge in [-0.3, -0.25) is 0 Å². The highest BCUT2D eigenvalue weighted by molar-refractivity contribution is 7.23. The van der Waals surface area contributed by atoms with E-state index in [2.05, 4.69) is 126 Å². The van der Waals surface area contributed by atoms with Gasteiger partial charge in [-0.15, -0.1) is 0 Å². The summed E-state index contributed by atoms with van der Waals surface area (Å²) in [5, 5.41) is 0. The van der Waals surface area contributed by atoms with E-state index in [9.17, 15) is 0 Å². The first-order valence-corrected chi connectivity index (χ1v) is 14.1. The lowest BCUT2D eigenvalue weighted by molar-refractivity contribution is 0.269. The predicted octanol–water partition coefficient (Wildman–Crippen LogP) is 8.76. The van der Waals surface area contributed by atoms with Gasteiger partial charge in [-0.05, 0) is 76.2 Å². The quantitative estimate of drug-likeness (QED) is 0.174. The van der Waals surface area contributed by atoms with Gasteiger partial charge in [0.2, 0.25) is 0 Å². The normalized spacial score (nSPS) is 15.5. The van der Waals surface area contributed by atoms with Crippen LogP contribution in [0.2, 0.25) is 0 Å². The number of aryl methyl sites for hydroxylation is 1. The van der Waals surface area contributed by atoms with Crippen molar-refractivity contribution in [2.75, 3.05) is 19.6 Å². The Labute approximate surface area is 218 Å². The average Bonchev–Trinajstić information content (AvgIpc) is 2.89. The molecule has 3 atom stereocenters. The smallest absolute Gasteiger partial charge is 0.0423 e. The summed E-state index contributed by atoms with van der Waals surface area (Å²) in [6.45, 7) is 12.7. The van der Waals surface area contributed by atoms with Gasteiger partial charge in [0.1, 0.15) is 0 Å². The first-order chi connectivity index (χ1) is 17.1. The summed E-state index contributed by atoms with van der Waals surface area (Å²) in [5.41, 5.74) is 8.50. The van der Waals surface area contributed by atoms with Gasteiger partial charge in [0.15, 0.2) is 0 Å². The van der Waals surface area contributed by atoms with E-state index in [1.165, 1.54) is 74.0 Å². The zero-order chi connectivity index (χ0) is 25.3. The molecule has 3 rings (SSSR count). The Morgan fingerprint density at radius 1 is 0.914 bits per heavy atom. The maximum absolute atomic E-state index is 3.19. The van der Waals surface area contributed by atoms with Crippen molar-refractivity contribution in [3.05, 3.63) is 95.1 Å².